The number of aromatic nitrogens is 3. The van der Waals surface area contributed by atoms with Crippen molar-refractivity contribution < 1.29 is 4.79 Å². The molecule has 104 valence electrons. The SMILES string of the molecule is CC(C)c1cc(C(=O)Nc2cnccn2)cc(NN)n1. The second-order valence-electron chi connectivity index (χ2n) is 4.51. The van der Waals surface area contributed by atoms with E-state index in [1.807, 2.05) is 13.8 Å². The first-order valence-corrected chi connectivity index (χ1v) is 6.16. The minimum atomic E-state index is -0.286. The van der Waals surface area contributed by atoms with Gasteiger partial charge in [0, 0.05) is 23.7 Å². The fourth-order valence-electron chi connectivity index (χ4n) is 1.60. The number of rotatable bonds is 4. The lowest BCUT2D eigenvalue weighted by Crippen LogP contribution is -2.16. The normalized spacial score (nSPS) is 10.4. The van der Waals surface area contributed by atoms with Gasteiger partial charge in [-0.2, -0.15) is 0 Å². The van der Waals surface area contributed by atoms with Crippen LogP contribution in [0.15, 0.2) is 30.7 Å². The van der Waals surface area contributed by atoms with Gasteiger partial charge in [-0.05, 0) is 18.1 Å². The van der Waals surface area contributed by atoms with Crippen LogP contribution in [0.5, 0.6) is 0 Å². The minimum absolute atomic E-state index is 0.186. The monoisotopic (exact) mass is 272 g/mol. The smallest absolute Gasteiger partial charge is 0.257 e. The molecule has 0 atom stereocenters. The van der Waals surface area contributed by atoms with E-state index in [0.717, 1.165) is 5.69 Å². The summed E-state index contributed by atoms with van der Waals surface area (Å²) < 4.78 is 0. The highest BCUT2D eigenvalue weighted by molar-refractivity contribution is 6.04. The van der Waals surface area contributed by atoms with Crippen molar-refractivity contribution in [1.82, 2.24) is 15.0 Å². The number of anilines is 2. The Bertz CT molecular complexity index is 599. The molecule has 7 heteroatoms. The quantitative estimate of drug-likeness (QED) is 0.575. The van der Waals surface area contributed by atoms with E-state index in [1.165, 1.54) is 18.6 Å². The minimum Gasteiger partial charge on any atom is -0.308 e. The predicted octanol–water partition coefficient (Wildman–Crippen LogP) is 1.53. The highest BCUT2D eigenvalue weighted by Crippen LogP contribution is 2.17. The summed E-state index contributed by atoms with van der Waals surface area (Å²) in [6.07, 6.45) is 4.52. The number of hydrazine groups is 1. The van der Waals surface area contributed by atoms with Gasteiger partial charge < -0.3 is 10.7 Å². The lowest BCUT2D eigenvalue weighted by atomic mass is 10.1. The molecule has 0 spiro atoms. The molecule has 0 aromatic carbocycles. The maximum absolute atomic E-state index is 12.2. The number of carbonyl (C=O) groups excluding carboxylic acids is 1. The van der Waals surface area contributed by atoms with Crippen molar-refractivity contribution in [2.24, 2.45) is 5.84 Å². The molecular formula is C13H16N6O. The van der Waals surface area contributed by atoms with Crippen LogP contribution >= 0.6 is 0 Å². The zero-order valence-corrected chi connectivity index (χ0v) is 11.3. The van der Waals surface area contributed by atoms with Crippen molar-refractivity contribution in [3.8, 4) is 0 Å². The second kappa shape index (κ2) is 6.07. The van der Waals surface area contributed by atoms with Crippen LogP contribution in [0.25, 0.3) is 0 Å². The van der Waals surface area contributed by atoms with Gasteiger partial charge in [-0.1, -0.05) is 13.8 Å². The van der Waals surface area contributed by atoms with Gasteiger partial charge in [-0.15, -0.1) is 0 Å². The number of amides is 1. The van der Waals surface area contributed by atoms with E-state index in [9.17, 15) is 4.79 Å². The highest BCUT2D eigenvalue weighted by atomic mass is 16.1. The highest BCUT2D eigenvalue weighted by Gasteiger charge is 2.12. The van der Waals surface area contributed by atoms with Gasteiger partial charge in [0.25, 0.3) is 5.91 Å². The number of hydrogen-bond acceptors (Lipinski definition) is 6. The number of carbonyl (C=O) groups is 1. The van der Waals surface area contributed by atoms with E-state index in [4.69, 9.17) is 5.84 Å². The molecule has 4 N–H and O–H groups in total. The van der Waals surface area contributed by atoms with Gasteiger partial charge in [-0.3, -0.25) is 9.78 Å². The molecule has 0 radical (unpaired) electrons. The Balaban J connectivity index is 2.27. The molecule has 2 rings (SSSR count). The molecule has 0 fully saturated rings. The number of pyridine rings is 1. The maximum atomic E-state index is 12.2. The van der Waals surface area contributed by atoms with Gasteiger partial charge in [0.05, 0.1) is 6.20 Å². The van der Waals surface area contributed by atoms with Crippen molar-refractivity contribution in [3.63, 3.8) is 0 Å². The van der Waals surface area contributed by atoms with Crippen LogP contribution in [0.4, 0.5) is 11.6 Å². The Kier molecular flexibility index (Phi) is 4.21. The van der Waals surface area contributed by atoms with Crippen LogP contribution < -0.4 is 16.6 Å². The molecular weight excluding hydrogens is 256 g/mol. The fraction of sp³-hybridized carbons (Fsp3) is 0.231. The van der Waals surface area contributed by atoms with E-state index in [0.29, 0.717) is 17.2 Å². The first kappa shape index (κ1) is 13.9. The zero-order valence-electron chi connectivity index (χ0n) is 11.3. The van der Waals surface area contributed by atoms with Crippen molar-refractivity contribution in [1.29, 1.82) is 0 Å². The zero-order chi connectivity index (χ0) is 14.5. The van der Waals surface area contributed by atoms with Crippen LogP contribution in [-0.2, 0) is 0 Å². The molecule has 2 aromatic rings. The molecule has 0 aliphatic heterocycles. The van der Waals surface area contributed by atoms with Crippen LogP contribution in [0.2, 0.25) is 0 Å². The first-order chi connectivity index (χ1) is 9.60. The molecule has 0 aliphatic carbocycles. The third-order valence-corrected chi connectivity index (χ3v) is 2.65. The molecule has 0 saturated heterocycles. The molecule has 2 heterocycles. The molecule has 20 heavy (non-hydrogen) atoms. The number of nitrogens with zero attached hydrogens (tertiary/aromatic N) is 3. The third kappa shape index (κ3) is 3.27. The standard InChI is InChI=1S/C13H16N6O/c1-8(2)10-5-9(6-11(17-10)19-14)13(20)18-12-7-15-3-4-16-12/h3-8H,14H2,1-2H3,(H,17,19)(H,16,18,20). The predicted molar refractivity (Wildman–Crippen MR) is 76.1 cm³/mol. The Hall–Kier alpha value is -2.54. The fourth-order valence-corrected chi connectivity index (χ4v) is 1.60. The Morgan fingerprint density at radius 2 is 2.05 bits per heavy atom. The van der Waals surface area contributed by atoms with Crippen LogP contribution in [0, 0.1) is 0 Å². The van der Waals surface area contributed by atoms with Crippen molar-refractivity contribution in [2.75, 3.05) is 10.7 Å². The number of nitrogens with one attached hydrogen (secondary N) is 2. The largest absolute Gasteiger partial charge is 0.308 e. The first-order valence-electron chi connectivity index (χ1n) is 6.16. The molecule has 1 amide bonds. The Labute approximate surface area is 116 Å². The number of nitrogens with two attached hydrogens (primary N) is 1. The van der Waals surface area contributed by atoms with Gasteiger partial charge in [0.15, 0.2) is 5.82 Å². The van der Waals surface area contributed by atoms with E-state index < -0.39 is 0 Å². The molecule has 0 bridgehead atoms. The van der Waals surface area contributed by atoms with Crippen LogP contribution in [-0.4, -0.2) is 20.9 Å². The van der Waals surface area contributed by atoms with Gasteiger partial charge >= 0.3 is 0 Å². The molecule has 0 saturated carbocycles. The van der Waals surface area contributed by atoms with E-state index in [-0.39, 0.29) is 11.8 Å². The van der Waals surface area contributed by atoms with E-state index in [2.05, 4.69) is 25.7 Å². The lowest BCUT2D eigenvalue weighted by Gasteiger charge is -2.10. The summed E-state index contributed by atoms with van der Waals surface area (Å²) in [6, 6.07) is 3.31. The summed E-state index contributed by atoms with van der Waals surface area (Å²) in [5.74, 6) is 6.11. The molecule has 7 nitrogen and oxygen atoms in total. The van der Waals surface area contributed by atoms with Crippen molar-refractivity contribution in [2.45, 2.75) is 19.8 Å². The summed E-state index contributed by atoms with van der Waals surface area (Å²) in [6.45, 7) is 3.99. The maximum Gasteiger partial charge on any atom is 0.257 e. The lowest BCUT2D eigenvalue weighted by molar-refractivity contribution is 0.102. The van der Waals surface area contributed by atoms with Gasteiger partial charge in [0.1, 0.15) is 5.82 Å². The van der Waals surface area contributed by atoms with E-state index >= 15 is 0 Å². The van der Waals surface area contributed by atoms with Crippen molar-refractivity contribution in [3.05, 3.63) is 42.0 Å². The van der Waals surface area contributed by atoms with E-state index in [1.54, 1.807) is 12.1 Å². The van der Waals surface area contributed by atoms with Crippen molar-refractivity contribution >= 4 is 17.5 Å². The van der Waals surface area contributed by atoms with Gasteiger partial charge in [-0.25, -0.2) is 15.8 Å². The molecule has 0 aliphatic rings. The topological polar surface area (TPSA) is 106 Å². The third-order valence-electron chi connectivity index (χ3n) is 2.65. The number of hydrogen-bond donors (Lipinski definition) is 3. The number of nitrogen functional groups attached to an aromatic ring is 1. The average Bonchev–Trinajstić information content (AvgIpc) is 2.47. The Morgan fingerprint density at radius 3 is 2.65 bits per heavy atom. The summed E-state index contributed by atoms with van der Waals surface area (Å²) >= 11 is 0. The average molecular weight is 272 g/mol. The van der Waals surface area contributed by atoms with Crippen LogP contribution in [0.1, 0.15) is 35.8 Å². The van der Waals surface area contributed by atoms with Gasteiger partial charge in [0.2, 0.25) is 0 Å². The Morgan fingerprint density at radius 1 is 1.25 bits per heavy atom. The molecule has 2 aromatic heterocycles. The second-order valence-corrected chi connectivity index (χ2v) is 4.51. The van der Waals surface area contributed by atoms with Crippen LogP contribution in [0.3, 0.4) is 0 Å². The molecule has 0 unspecified atom stereocenters. The summed E-state index contributed by atoms with van der Waals surface area (Å²) in [5, 5.41) is 2.67. The summed E-state index contributed by atoms with van der Waals surface area (Å²) in [5.41, 5.74) is 3.70. The summed E-state index contributed by atoms with van der Waals surface area (Å²) in [7, 11) is 0. The summed E-state index contributed by atoms with van der Waals surface area (Å²) in [4.78, 5) is 24.4.